The third kappa shape index (κ3) is 2.87. The molecule has 1 atom stereocenters. The maximum Gasteiger partial charge on any atom is 0.328 e. The van der Waals surface area contributed by atoms with Gasteiger partial charge < -0.3 is 14.7 Å². The topological polar surface area (TPSA) is 66.8 Å². The summed E-state index contributed by atoms with van der Waals surface area (Å²) in [6.07, 6.45) is 0.233. The van der Waals surface area contributed by atoms with Crippen molar-refractivity contribution in [1.29, 1.82) is 0 Å². The molecule has 0 radical (unpaired) electrons. The van der Waals surface area contributed by atoms with Gasteiger partial charge in [-0.1, -0.05) is 30.3 Å². The van der Waals surface area contributed by atoms with Crippen LogP contribution in [0, 0.1) is 0 Å². The molecule has 1 aliphatic heterocycles. The fourth-order valence-electron chi connectivity index (χ4n) is 1.94. The van der Waals surface area contributed by atoms with E-state index in [2.05, 4.69) is 0 Å². The Morgan fingerprint density at radius 3 is 2.78 bits per heavy atom. The van der Waals surface area contributed by atoms with Crippen LogP contribution in [0.3, 0.4) is 0 Å². The molecule has 1 heterocycles. The third-order valence-electron chi connectivity index (χ3n) is 2.91. The van der Waals surface area contributed by atoms with Crippen molar-refractivity contribution >= 4 is 11.9 Å². The van der Waals surface area contributed by atoms with Gasteiger partial charge in [0, 0.05) is 6.54 Å². The summed E-state index contributed by atoms with van der Waals surface area (Å²) in [4.78, 5) is 24.5. The van der Waals surface area contributed by atoms with Crippen LogP contribution in [0.1, 0.15) is 12.0 Å². The van der Waals surface area contributed by atoms with Gasteiger partial charge in [-0.05, 0) is 5.56 Å². The molecule has 1 aromatic carbocycles. The van der Waals surface area contributed by atoms with Crippen molar-refractivity contribution in [3.05, 3.63) is 35.9 Å². The van der Waals surface area contributed by atoms with Gasteiger partial charge in [0.25, 0.3) is 0 Å². The SMILES string of the molecule is O=C(O)[C@@H]1COCCC(=O)N1Cc1ccccc1. The Balaban J connectivity index is 2.19. The van der Waals surface area contributed by atoms with E-state index in [0.29, 0.717) is 6.54 Å². The first-order valence-corrected chi connectivity index (χ1v) is 5.82. The van der Waals surface area contributed by atoms with Gasteiger partial charge in [0.15, 0.2) is 6.04 Å². The Morgan fingerprint density at radius 2 is 2.11 bits per heavy atom. The van der Waals surface area contributed by atoms with E-state index < -0.39 is 12.0 Å². The number of benzene rings is 1. The number of rotatable bonds is 3. The van der Waals surface area contributed by atoms with Crippen LogP contribution in [0.25, 0.3) is 0 Å². The average Bonchev–Trinajstić information content (AvgIpc) is 2.54. The van der Waals surface area contributed by atoms with E-state index in [1.807, 2.05) is 30.3 Å². The number of aliphatic carboxylic acids is 1. The zero-order valence-corrected chi connectivity index (χ0v) is 9.91. The molecule has 1 fully saturated rings. The number of nitrogens with zero attached hydrogens (tertiary/aromatic N) is 1. The molecule has 0 aromatic heterocycles. The second-order valence-corrected chi connectivity index (χ2v) is 4.19. The van der Waals surface area contributed by atoms with Crippen molar-refractivity contribution in [2.45, 2.75) is 19.0 Å². The summed E-state index contributed by atoms with van der Waals surface area (Å²) in [5.74, 6) is -1.20. The summed E-state index contributed by atoms with van der Waals surface area (Å²) in [5, 5.41) is 9.16. The van der Waals surface area contributed by atoms with E-state index in [4.69, 9.17) is 9.84 Å². The molecule has 1 saturated heterocycles. The second kappa shape index (κ2) is 5.64. The van der Waals surface area contributed by atoms with Gasteiger partial charge in [-0.2, -0.15) is 0 Å². The number of amides is 1. The first-order chi connectivity index (χ1) is 8.68. The molecule has 0 spiro atoms. The monoisotopic (exact) mass is 249 g/mol. The maximum atomic E-state index is 11.9. The molecular weight excluding hydrogens is 234 g/mol. The lowest BCUT2D eigenvalue weighted by Crippen LogP contribution is -2.45. The largest absolute Gasteiger partial charge is 0.480 e. The minimum Gasteiger partial charge on any atom is -0.480 e. The van der Waals surface area contributed by atoms with Gasteiger partial charge in [0.05, 0.1) is 19.6 Å². The Morgan fingerprint density at radius 1 is 1.39 bits per heavy atom. The van der Waals surface area contributed by atoms with E-state index in [1.54, 1.807) is 0 Å². The molecule has 1 N–H and O–H groups in total. The predicted octanol–water partition coefficient (Wildman–Crippen LogP) is 0.889. The fraction of sp³-hybridized carbons (Fsp3) is 0.385. The highest BCUT2D eigenvalue weighted by molar-refractivity contribution is 5.84. The number of ether oxygens (including phenoxy) is 1. The first kappa shape index (κ1) is 12.6. The van der Waals surface area contributed by atoms with Crippen molar-refractivity contribution in [2.75, 3.05) is 13.2 Å². The van der Waals surface area contributed by atoms with Crippen LogP contribution in [0.5, 0.6) is 0 Å². The Kier molecular flexibility index (Phi) is 3.94. The Hall–Kier alpha value is -1.88. The van der Waals surface area contributed by atoms with Crippen molar-refractivity contribution < 1.29 is 19.4 Å². The number of carboxylic acids is 1. The highest BCUT2D eigenvalue weighted by atomic mass is 16.5. The minimum absolute atomic E-state index is 0.0495. The molecule has 5 heteroatoms. The third-order valence-corrected chi connectivity index (χ3v) is 2.91. The van der Waals surface area contributed by atoms with Gasteiger partial charge in [0.2, 0.25) is 5.91 Å². The summed E-state index contributed by atoms with van der Waals surface area (Å²) in [6, 6.07) is 8.45. The standard InChI is InChI=1S/C13H15NO4/c15-12-6-7-18-9-11(13(16)17)14(12)8-10-4-2-1-3-5-10/h1-5,11H,6-9H2,(H,16,17)/t11-/m0/s1. The highest BCUT2D eigenvalue weighted by Gasteiger charge is 2.31. The summed E-state index contributed by atoms with van der Waals surface area (Å²) in [5.41, 5.74) is 0.916. The van der Waals surface area contributed by atoms with Gasteiger partial charge in [0.1, 0.15) is 0 Å². The molecule has 1 aromatic rings. The second-order valence-electron chi connectivity index (χ2n) is 4.19. The van der Waals surface area contributed by atoms with Crippen LogP contribution < -0.4 is 0 Å². The van der Waals surface area contributed by atoms with Gasteiger partial charge in [-0.15, -0.1) is 0 Å². The van der Waals surface area contributed by atoms with Crippen molar-refractivity contribution in [2.24, 2.45) is 0 Å². The molecule has 0 saturated carbocycles. The number of carbonyl (C=O) groups excluding carboxylic acids is 1. The van der Waals surface area contributed by atoms with Crippen LogP contribution in [0.15, 0.2) is 30.3 Å². The number of hydrogen-bond donors (Lipinski definition) is 1. The zero-order chi connectivity index (χ0) is 13.0. The summed E-state index contributed by atoms with van der Waals surface area (Å²) in [7, 11) is 0. The summed E-state index contributed by atoms with van der Waals surface area (Å²) in [6.45, 7) is 0.641. The van der Waals surface area contributed by atoms with Crippen LogP contribution in [0.2, 0.25) is 0 Å². The predicted molar refractivity (Wildman–Crippen MR) is 63.9 cm³/mol. The summed E-state index contributed by atoms with van der Waals surface area (Å²) >= 11 is 0. The van der Waals surface area contributed by atoms with Crippen LogP contribution in [-0.4, -0.2) is 41.1 Å². The van der Waals surface area contributed by atoms with Crippen LogP contribution in [0.4, 0.5) is 0 Å². The smallest absolute Gasteiger partial charge is 0.328 e. The van der Waals surface area contributed by atoms with Crippen molar-refractivity contribution in [3.8, 4) is 0 Å². The Bertz CT molecular complexity index is 432. The molecular formula is C13H15NO4. The average molecular weight is 249 g/mol. The van der Waals surface area contributed by atoms with E-state index in [9.17, 15) is 9.59 Å². The quantitative estimate of drug-likeness (QED) is 0.863. The molecule has 0 unspecified atom stereocenters. The van der Waals surface area contributed by atoms with Gasteiger partial charge in [-0.25, -0.2) is 4.79 Å². The van der Waals surface area contributed by atoms with Crippen molar-refractivity contribution in [3.63, 3.8) is 0 Å². The van der Waals surface area contributed by atoms with E-state index in [0.717, 1.165) is 5.56 Å². The first-order valence-electron chi connectivity index (χ1n) is 5.82. The number of carbonyl (C=O) groups is 2. The zero-order valence-electron chi connectivity index (χ0n) is 9.91. The lowest BCUT2D eigenvalue weighted by Gasteiger charge is -2.26. The fourth-order valence-corrected chi connectivity index (χ4v) is 1.94. The van der Waals surface area contributed by atoms with Crippen LogP contribution in [-0.2, 0) is 20.9 Å². The van der Waals surface area contributed by atoms with E-state index in [1.165, 1.54) is 4.90 Å². The Labute approximate surface area is 105 Å². The van der Waals surface area contributed by atoms with E-state index in [-0.39, 0.29) is 25.5 Å². The summed E-state index contributed by atoms with van der Waals surface area (Å²) < 4.78 is 5.16. The van der Waals surface area contributed by atoms with Crippen LogP contribution >= 0.6 is 0 Å². The number of carboxylic acid groups (broad SMARTS) is 1. The molecule has 18 heavy (non-hydrogen) atoms. The molecule has 1 aliphatic rings. The lowest BCUT2D eigenvalue weighted by atomic mass is 10.1. The molecule has 0 bridgehead atoms. The molecule has 2 rings (SSSR count). The number of hydrogen-bond acceptors (Lipinski definition) is 3. The molecule has 5 nitrogen and oxygen atoms in total. The normalized spacial score (nSPS) is 20.6. The van der Waals surface area contributed by atoms with E-state index >= 15 is 0 Å². The molecule has 96 valence electrons. The molecule has 1 amide bonds. The highest BCUT2D eigenvalue weighted by Crippen LogP contribution is 2.14. The maximum absolute atomic E-state index is 11.9. The van der Waals surface area contributed by atoms with Gasteiger partial charge >= 0.3 is 5.97 Å². The lowest BCUT2D eigenvalue weighted by molar-refractivity contribution is -0.150. The molecule has 0 aliphatic carbocycles. The minimum atomic E-state index is -1.03. The van der Waals surface area contributed by atoms with Crippen molar-refractivity contribution in [1.82, 2.24) is 4.90 Å². The van der Waals surface area contributed by atoms with Gasteiger partial charge in [-0.3, -0.25) is 4.79 Å².